The van der Waals surface area contributed by atoms with Crippen LogP contribution in [-0.2, 0) is 17.8 Å². The number of fused-ring (bicyclic) bond motifs is 1. The van der Waals surface area contributed by atoms with Gasteiger partial charge in [-0.15, -0.1) is 0 Å². The third-order valence-corrected chi connectivity index (χ3v) is 5.77. The topological polar surface area (TPSA) is 97.6 Å². The van der Waals surface area contributed by atoms with Gasteiger partial charge in [0.2, 0.25) is 5.91 Å². The fourth-order valence-electron chi connectivity index (χ4n) is 3.93. The number of amides is 2. The minimum Gasteiger partial charge on any atom is -0.489 e. The van der Waals surface area contributed by atoms with Gasteiger partial charge < -0.3 is 15.4 Å². The lowest BCUT2D eigenvalue weighted by Crippen LogP contribution is -2.33. The molecule has 0 bridgehead atoms. The van der Waals surface area contributed by atoms with Gasteiger partial charge in [-0.05, 0) is 42.7 Å². The van der Waals surface area contributed by atoms with E-state index in [-0.39, 0.29) is 11.8 Å². The lowest BCUT2D eigenvalue weighted by Gasteiger charge is -2.13. The van der Waals surface area contributed by atoms with Crippen molar-refractivity contribution in [2.24, 2.45) is 0 Å². The average molecular weight is 472 g/mol. The molecular formula is C27H29N5O3. The first-order chi connectivity index (χ1) is 16.9. The molecule has 4 rings (SSSR count). The maximum atomic E-state index is 12.6. The van der Waals surface area contributed by atoms with Gasteiger partial charge in [-0.3, -0.25) is 9.59 Å². The van der Waals surface area contributed by atoms with Gasteiger partial charge in [-0.1, -0.05) is 42.5 Å². The fourth-order valence-corrected chi connectivity index (χ4v) is 3.93. The zero-order valence-corrected chi connectivity index (χ0v) is 20.2. The average Bonchev–Trinajstić information content (AvgIpc) is 3.28. The highest BCUT2D eigenvalue weighted by atomic mass is 16.5. The highest BCUT2D eigenvalue weighted by Gasteiger charge is 2.18. The van der Waals surface area contributed by atoms with Gasteiger partial charge in [0.1, 0.15) is 17.9 Å². The van der Waals surface area contributed by atoms with Gasteiger partial charge in [-0.25, -0.2) is 9.50 Å². The molecule has 2 amide bonds. The molecule has 0 aliphatic carbocycles. The van der Waals surface area contributed by atoms with E-state index in [2.05, 4.69) is 21.8 Å². The first-order valence-electron chi connectivity index (χ1n) is 11.5. The Kier molecular flexibility index (Phi) is 7.40. The molecule has 180 valence electrons. The van der Waals surface area contributed by atoms with Gasteiger partial charge in [-0.2, -0.15) is 5.10 Å². The maximum Gasteiger partial charge on any atom is 0.256 e. The van der Waals surface area contributed by atoms with Crippen LogP contribution in [0.5, 0.6) is 5.75 Å². The monoisotopic (exact) mass is 471 g/mol. The standard InChI is InChI=1S/C27H29N5O3/c1-18-24(15-22-10-7-11-23(14-22)35-17-21-8-5-4-6-9-21)19(2)32-26(31-18)25(16-30-32)27(34)29-13-12-28-20(3)33/h4-11,14,16H,12-13,15,17H2,1-3H3,(H,28,33)(H,29,34). The number of benzene rings is 2. The fraction of sp³-hybridized carbons (Fsp3) is 0.259. The van der Waals surface area contributed by atoms with E-state index < -0.39 is 0 Å². The lowest BCUT2D eigenvalue weighted by molar-refractivity contribution is -0.118. The summed E-state index contributed by atoms with van der Waals surface area (Å²) in [6, 6.07) is 18.1. The molecular weight excluding hydrogens is 442 g/mol. The summed E-state index contributed by atoms with van der Waals surface area (Å²) in [6.07, 6.45) is 2.20. The largest absolute Gasteiger partial charge is 0.489 e. The maximum absolute atomic E-state index is 12.6. The summed E-state index contributed by atoms with van der Waals surface area (Å²) < 4.78 is 7.69. The van der Waals surface area contributed by atoms with E-state index in [4.69, 9.17) is 9.72 Å². The lowest BCUT2D eigenvalue weighted by atomic mass is 10.0. The Morgan fingerprint density at radius 2 is 1.71 bits per heavy atom. The molecule has 0 fully saturated rings. The van der Waals surface area contributed by atoms with E-state index in [1.807, 2.05) is 62.4 Å². The van der Waals surface area contributed by atoms with Crippen LogP contribution in [-0.4, -0.2) is 39.5 Å². The number of rotatable bonds is 9. The molecule has 2 aromatic carbocycles. The molecule has 0 spiro atoms. The summed E-state index contributed by atoms with van der Waals surface area (Å²) in [5, 5.41) is 9.87. The Morgan fingerprint density at radius 1 is 0.971 bits per heavy atom. The molecule has 8 nitrogen and oxygen atoms in total. The van der Waals surface area contributed by atoms with E-state index >= 15 is 0 Å². The Balaban J connectivity index is 1.49. The van der Waals surface area contributed by atoms with E-state index in [1.54, 1.807) is 4.52 Å². The van der Waals surface area contributed by atoms with Crippen molar-refractivity contribution in [2.75, 3.05) is 13.1 Å². The molecule has 2 N–H and O–H groups in total. The van der Waals surface area contributed by atoms with Gasteiger partial charge in [0.15, 0.2) is 5.65 Å². The number of aromatic nitrogens is 3. The highest BCUT2D eigenvalue weighted by Crippen LogP contribution is 2.23. The van der Waals surface area contributed by atoms with Gasteiger partial charge in [0.25, 0.3) is 5.91 Å². The van der Waals surface area contributed by atoms with Crippen molar-refractivity contribution in [2.45, 2.75) is 33.8 Å². The Hall–Kier alpha value is -4.20. The second-order valence-corrected chi connectivity index (χ2v) is 8.39. The van der Waals surface area contributed by atoms with Crippen LogP contribution in [0.4, 0.5) is 0 Å². The number of carbonyl (C=O) groups excluding carboxylic acids is 2. The second kappa shape index (κ2) is 10.8. The number of hydrogen-bond acceptors (Lipinski definition) is 5. The van der Waals surface area contributed by atoms with E-state index in [9.17, 15) is 9.59 Å². The number of carbonyl (C=O) groups is 2. The predicted molar refractivity (Wildman–Crippen MR) is 133 cm³/mol. The van der Waals surface area contributed by atoms with E-state index in [1.165, 1.54) is 13.1 Å². The van der Waals surface area contributed by atoms with Crippen molar-refractivity contribution in [3.05, 3.63) is 94.4 Å². The summed E-state index contributed by atoms with van der Waals surface area (Å²) >= 11 is 0. The van der Waals surface area contributed by atoms with E-state index in [0.717, 1.165) is 33.8 Å². The van der Waals surface area contributed by atoms with Crippen LogP contribution in [0.1, 0.15) is 45.4 Å². The molecule has 0 aliphatic rings. The summed E-state index contributed by atoms with van der Waals surface area (Å²) in [5.74, 6) is 0.407. The highest BCUT2D eigenvalue weighted by molar-refractivity contribution is 5.99. The van der Waals surface area contributed by atoms with Crippen LogP contribution >= 0.6 is 0 Å². The molecule has 4 aromatic rings. The molecule has 0 unspecified atom stereocenters. The van der Waals surface area contributed by atoms with Crippen LogP contribution in [0.2, 0.25) is 0 Å². The molecule has 0 atom stereocenters. The SMILES string of the molecule is CC(=O)NCCNC(=O)c1cnn2c(C)c(Cc3cccc(OCc4ccccc4)c3)c(C)nc12. The van der Waals surface area contributed by atoms with Crippen molar-refractivity contribution < 1.29 is 14.3 Å². The van der Waals surface area contributed by atoms with Crippen LogP contribution in [0.25, 0.3) is 5.65 Å². The number of ether oxygens (including phenoxy) is 1. The first kappa shape index (κ1) is 23.9. The molecule has 0 aliphatic heterocycles. The van der Waals surface area contributed by atoms with Crippen molar-refractivity contribution in [3.63, 3.8) is 0 Å². The number of hydrogen-bond donors (Lipinski definition) is 2. The Bertz CT molecular complexity index is 1350. The minimum absolute atomic E-state index is 0.135. The normalized spacial score (nSPS) is 10.8. The summed E-state index contributed by atoms with van der Waals surface area (Å²) in [7, 11) is 0. The predicted octanol–water partition coefficient (Wildman–Crippen LogP) is 3.38. The number of nitrogens with one attached hydrogen (secondary N) is 2. The second-order valence-electron chi connectivity index (χ2n) is 8.39. The molecule has 35 heavy (non-hydrogen) atoms. The molecule has 0 saturated heterocycles. The van der Waals surface area contributed by atoms with Crippen molar-refractivity contribution in [1.82, 2.24) is 25.2 Å². The van der Waals surface area contributed by atoms with Crippen molar-refractivity contribution >= 4 is 17.5 Å². The van der Waals surface area contributed by atoms with Crippen LogP contribution in [0.3, 0.4) is 0 Å². The van der Waals surface area contributed by atoms with Crippen LogP contribution < -0.4 is 15.4 Å². The van der Waals surface area contributed by atoms with Crippen molar-refractivity contribution in [3.8, 4) is 5.75 Å². The summed E-state index contributed by atoms with van der Waals surface area (Å²) in [4.78, 5) is 28.3. The molecule has 2 aromatic heterocycles. The smallest absolute Gasteiger partial charge is 0.256 e. The van der Waals surface area contributed by atoms with Crippen molar-refractivity contribution in [1.29, 1.82) is 0 Å². The zero-order valence-electron chi connectivity index (χ0n) is 20.2. The molecule has 2 heterocycles. The van der Waals surface area contributed by atoms with Crippen LogP contribution in [0, 0.1) is 13.8 Å². The third kappa shape index (κ3) is 5.84. The molecule has 0 radical (unpaired) electrons. The summed E-state index contributed by atoms with van der Waals surface area (Å²) in [5.41, 5.74) is 5.97. The number of nitrogens with zero attached hydrogens (tertiary/aromatic N) is 3. The third-order valence-electron chi connectivity index (χ3n) is 5.77. The molecule has 0 saturated carbocycles. The van der Waals surface area contributed by atoms with Gasteiger partial charge in [0.05, 0.1) is 6.20 Å². The quantitative estimate of drug-likeness (QED) is 0.365. The van der Waals surface area contributed by atoms with E-state index in [0.29, 0.717) is 37.3 Å². The minimum atomic E-state index is -0.271. The van der Waals surface area contributed by atoms with Gasteiger partial charge >= 0.3 is 0 Å². The van der Waals surface area contributed by atoms with Crippen LogP contribution in [0.15, 0.2) is 60.8 Å². The Morgan fingerprint density at radius 3 is 2.49 bits per heavy atom. The van der Waals surface area contributed by atoms with Gasteiger partial charge in [0, 0.05) is 37.8 Å². The molecule has 8 heteroatoms. The number of aryl methyl sites for hydroxylation is 2. The Labute approximate surface area is 204 Å². The zero-order chi connectivity index (χ0) is 24.8. The first-order valence-corrected chi connectivity index (χ1v) is 11.5. The summed E-state index contributed by atoms with van der Waals surface area (Å²) in [6.45, 7) is 6.58.